The molecule has 1 aliphatic rings. The molecule has 1 fully saturated rings. The van der Waals surface area contributed by atoms with Gasteiger partial charge in [0.15, 0.2) is 16.7 Å². The van der Waals surface area contributed by atoms with Crippen molar-refractivity contribution in [1.82, 2.24) is 19.5 Å². The van der Waals surface area contributed by atoms with Gasteiger partial charge >= 0.3 is 0 Å². The molecule has 1 saturated heterocycles. The summed E-state index contributed by atoms with van der Waals surface area (Å²) in [6.07, 6.45) is 7.97. The van der Waals surface area contributed by atoms with Crippen molar-refractivity contribution in [2.24, 2.45) is 0 Å². The molecule has 1 aliphatic heterocycles. The van der Waals surface area contributed by atoms with Crippen molar-refractivity contribution in [2.45, 2.75) is 51.0 Å². The Bertz CT molecular complexity index is 1020. The maximum atomic E-state index is 10.1. The number of benzene rings is 1. The number of nitrogens with one attached hydrogen (secondary N) is 1. The average Bonchev–Trinajstić information content (AvgIpc) is 3.18. The van der Waals surface area contributed by atoms with Crippen LogP contribution < -0.4 is 0 Å². The van der Waals surface area contributed by atoms with Crippen LogP contribution in [-0.2, 0) is 15.8 Å². The van der Waals surface area contributed by atoms with Gasteiger partial charge in [-0.15, -0.1) is 0 Å². The second kappa shape index (κ2) is 9.55. The predicted octanol–water partition coefficient (Wildman–Crippen LogP) is 4.20. The molecule has 3 aromatic rings. The smallest absolute Gasteiger partial charge is 0.165 e. The van der Waals surface area contributed by atoms with Gasteiger partial charge in [0.25, 0.3) is 0 Å². The van der Waals surface area contributed by atoms with Gasteiger partial charge in [0.05, 0.1) is 11.1 Å². The predicted molar refractivity (Wildman–Crippen MR) is 118 cm³/mol. The van der Waals surface area contributed by atoms with Gasteiger partial charge in [-0.2, -0.15) is 0 Å². The van der Waals surface area contributed by atoms with Crippen LogP contribution in [-0.4, -0.2) is 45.8 Å². The maximum Gasteiger partial charge on any atom is 0.165 e. The monoisotopic (exact) mass is 429 g/mol. The molecule has 30 heavy (non-hydrogen) atoms. The Balaban J connectivity index is 0.000000318. The molecule has 2 N–H and O–H groups in total. The first-order chi connectivity index (χ1) is 14.3. The van der Waals surface area contributed by atoms with Crippen LogP contribution >= 0.6 is 0 Å². The third-order valence-electron chi connectivity index (χ3n) is 4.70. The highest BCUT2D eigenvalue weighted by Crippen LogP contribution is 2.29. The summed E-state index contributed by atoms with van der Waals surface area (Å²) in [5.41, 5.74) is 4.22. The van der Waals surface area contributed by atoms with E-state index in [9.17, 15) is 4.21 Å². The van der Waals surface area contributed by atoms with Crippen LogP contribution in [0.4, 0.5) is 0 Å². The molecule has 0 aliphatic carbocycles. The van der Waals surface area contributed by atoms with Crippen LogP contribution in [0.5, 0.6) is 0 Å². The number of aromatic nitrogens is 4. The van der Waals surface area contributed by atoms with Crippen LogP contribution in [0.15, 0.2) is 36.9 Å². The van der Waals surface area contributed by atoms with Crippen LogP contribution in [0, 0.1) is 5.41 Å². The van der Waals surface area contributed by atoms with Gasteiger partial charge < -0.3 is 14.7 Å². The van der Waals surface area contributed by atoms with Gasteiger partial charge in [-0.05, 0) is 45.6 Å². The summed E-state index contributed by atoms with van der Waals surface area (Å²) >= 11 is -1.68. The zero-order valence-electron chi connectivity index (χ0n) is 17.4. The second-order valence-corrected chi connectivity index (χ2v) is 9.72. The standard InChI is InChI=1S/C17H17N5O.C4H10O2S/c18-9-12-4-6-13(7-5-12)15-16-17(20-10-19-15)22(11-21-16)14-3-1-2-8-23-14;1-4(2,3)7(5)6/h4-7,9-11,14,18H,1-3,8H2;1-3H3,(H,5,6). The highest BCUT2D eigenvalue weighted by Gasteiger charge is 2.20. The Morgan fingerprint density at radius 2 is 1.90 bits per heavy atom. The van der Waals surface area contributed by atoms with E-state index in [4.69, 9.17) is 14.7 Å². The normalized spacial score (nSPS) is 17.8. The number of hydrogen-bond donors (Lipinski definition) is 2. The maximum absolute atomic E-state index is 10.1. The fraction of sp³-hybridized carbons (Fsp3) is 0.429. The summed E-state index contributed by atoms with van der Waals surface area (Å²) in [7, 11) is 0. The minimum absolute atomic E-state index is 0.0109. The Kier molecular flexibility index (Phi) is 7.06. The van der Waals surface area contributed by atoms with E-state index in [1.165, 1.54) is 6.21 Å². The van der Waals surface area contributed by atoms with E-state index >= 15 is 0 Å². The van der Waals surface area contributed by atoms with E-state index in [1.807, 2.05) is 28.8 Å². The number of ether oxygens (including phenoxy) is 1. The highest BCUT2D eigenvalue weighted by atomic mass is 32.2. The third-order valence-corrected chi connectivity index (χ3v) is 5.75. The number of imidazole rings is 1. The molecule has 3 heterocycles. The number of nitrogens with zero attached hydrogens (tertiary/aromatic N) is 4. The Hall–Kier alpha value is -2.49. The van der Waals surface area contributed by atoms with Gasteiger partial charge in [-0.25, -0.2) is 19.2 Å². The Morgan fingerprint density at radius 1 is 1.20 bits per heavy atom. The van der Waals surface area contributed by atoms with Gasteiger partial charge in [0.2, 0.25) is 0 Å². The van der Waals surface area contributed by atoms with Crippen LogP contribution in [0.25, 0.3) is 22.4 Å². The molecule has 0 amide bonds. The van der Waals surface area contributed by atoms with E-state index in [0.29, 0.717) is 0 Å². The fourth-order valence-electron chi connectivity index (χ4n) is 2.95. The molecule has 0 saturated carbocycles. The van der Waals surface area contributed by atoms with Crippen LogP contribution in [0.2, 0.25) is 0 Å². The molecule has 4 rings (SSSR count). The topological polar surface area (TPSA) is 114 Å². The molecule has 0 spiro atoms. The van der Waals surface area contributed by atoms with E-state index in [1.54, 1.807) is 33.4 Å². The summed E-state index contributed by atoms with van der Waals surface area (Å²) in [4.78, 5) is 13.3. The lowest BCUT2D eigenvalue weighted by molar-refractivity contribution is -0.0298. The summed E-state index contributed by atoms with van der Waals surface area (Å²) in [6.45, 7) is 5.92. The Labute approximate surface area is 178 Å². The van der Waals surface area contributed by atoms with Gasteiger partial charge in [0, 0.05) is 18.4 Å². The fourth-order valence-corrected chi connectivity index (χ4v) is 2.95. The van der Waals surface area contributed by atoms with E-state index in [-0.39, 0.29) is 6.23 Å². The van der Waals surface area contributed by atoms with Crippen molar-refractivity contribution >= 4 is 28.5 Å². The molecule has 0 bridgehead atoms. The molecule has 0 radical (unpaired) electrons. The molecular weight excluding hydrogens is 402 g/mol. The van der Waals surface area contributed by atoms with Crippen molar-refractivity contribution in [2.75, 3.05) is 6.61 Å². The first-order valence-electron chi connectivity index (χ1n) is 9.82. The van der Waals surface area contributed by atoms with Crippen molar-refractivity contribution in [3.8, 4) is 11.3 Å². The average molecular weight is 430 g/mol. The third kappa shape index (κ3) is 5.16. The van der Waals surface area contributed by atoms with Gasteiger partial charge in [0.1, 0.15) is 23.8 Å². The van der Waals surface area contributed by atoms with E-state index < -0.39 is 15.8 Å². The van der Waals surface area contributed by atoms with Crippen LogP contribution in [0.3, 0.4) is 0 Å². The van der Waals surface area contributed by atoms with Gasteiger partial charge in [-0.3, -0.25) is 4.57 Å². The molecule has 8 nitrogen and oxygen atoms in total. The molecule has 9 heteroatoms. The van der Waals surface area contributed by atoms with Gasteiger partial charge in [-0.1, -0.05) is 24.3 Å². The quantitative estimate of drug-likeness (QED) is 0.476. The number of hydrogen-bond acceptors (Lipinski definition) is 6. The number of rotatable bonds is 3. The lowest BCUT2D eigenvalue weighted by Crippen LogP contribution is -2.20. The molecule has 2 aromatic heterocycles. The SMILES string of the molecule is CC(C)(C)S(=O)O.N=Cc1ccc(-c2ncnc3c2ncn3C2CCCCO2)cc1. The van der Waals surface area contributed by atoms with Crippen LogP contribution in [0.1, 0.15) is 51.8 Å². The van der Waals surface area contributed by atoms with E-state index in [0.717, 1.165) is 53.9 Å². The molecular formula is C21H27N5O3S. The molecule has 1 aromatic carbocycles. The minimum Gasteiger partial charge on any atom is -0.358 e. The summed E-state index contributed by atoms with van der Waals surface area (Å²) in [6, 6.07) is 7.71. The molecule has 160 valence electrons. The first kappa shape index (κ1) is 22.2. The van der Waals surface area contributed by atoms with Crippen molar-refractivity contribution < 1.29 is 13.5 Å². The van der Waals surface area contributed by atoms with Crippen molar-refractivity contribution in [1.29, 1.82) is 5.41 Å². The van der Waals surface area contributed by atoms with E-state index in [2.05, 4.69) is 15.0 Å². The lowest BCUT2D eigenvalue weighted by Gasteiger charge is -2.23. The minimum atomic E-state index is -1.68. The second-order valence-electron chi connectivity index (χ2n) is 8.00. The van der Waals surface area contributed by atoms with Crippen molar-refractivity contribution in [3.05, 3.63) is 42.5 Å². The zero-order chi connectivity index (χ0) is 21.7. The zero-order valence-corrected chi connectivity index (χ0v) is 18.2. The number of fused-ring (bicyclic) bond motifs is 1. The molecule has 2 unspecified atom stereocenters. The summed E-state index contributed by atoms with van der Waals surface area (Å²) in [5.74, 6) is 0. The summed E-state index contributed by atoms with van der Waals surface area (Å²) in [5, 5.41) is 7.29. The first-order valence-corrected chi connectivity index (χ1v) is 10.9. The highest BCUT2D eigenvalue weighted by molar-refractivity contribution is 7.80. The largest absolute Gasteiger partial charge is 0.358 e. The summed E-state index contributed by atoms with van der Waals surface area (Å²) < 4.78 is 25.9. The van der Waals surface area contributed by atoms with Crippen molar-refractivity contribution in [3.63, 3.8) is 0 Å². The lowest BCUT2D eigenvalue weighted by atomic mass is 10.1. The Morgan fingerprint density at radius 3 is 2.47 bits per heavy atom. The molecule has 2 atom stereocenters.